The van der Waals surface area contributed by atoms with Gasteiger partial charge in [0.1, 0.15) is 23.7 Å². The zero-order valence-corrected chi connectivity index (χ0v) is 13.4. The van der Waals surface area contributed by atoms with E-state index in [0.717, 1.165) is 11.1 Å². The molecule has 8 unspecified atom stereocenters. The van der Waals surface area contributed by atoms with E-state index < -0.39 is 47.2 Å². The Balaban J connectivity index is 1.78. The monoisotopic (exact) mass is 330 g/mol. The molecule has 2 aliphatic carbocycles. The van der Waals surface area contributed by atoms with Crippen molar-refractivity contribution in [2.24, 2.45) is 16.7 Å². The van der Waals surface area contributed by atoms with Crippen LogP contribution in [0.2, 0.25) is 0 Å². The fourth-order valence-corrected chi connectivity index (χ4v) is 5.45. The normalized spacial score (nSPS) is 53.6. The Morgan fingerprint density at radius 3 is 2.71 bits per heavy atom. The lowest BCUT2D eigenvalue weighted by atomic mass is 9.49. The minimum Gasteiger partial charge on any atom is -0.457 e. The molecule has 1 saturated carbocycles. The van der Waals surface area contributed by atoms with Gasteiger partial charge in [0.25, 0.3) is 0 Å². The lowest BCUT2D eigenvalue weighted by molar-refractivity contribution is -0.154. The Morgan fingerprint density at radius 1 is 1.25 bits per heavy atom. The molecule has 0 amide bonds. The number of hydrogen-bond donors (Lipinski definition) is 1. The number of cyclic esters (lactones) is 1. The fourth-order valence-electron chi connectivity index (χ4n) is 5.45. The second-order valence-electron chi connectivity index (χ2n) is 7.65. The third kappa shape index (κ3) is 1.33. The van der Waals surface area contributed by atoms with Crippen molar-refractivity contribution < 1.29 is 28.9 Å². The first-order valence-electron chi connectivity index (χ1n) is 8.15. The van der Waals surface area contributed by atoms with Gasteiger partial charge in [0, 0.05) is 23.0 Å². The highest BCUT2D eigenvalue weighted by Crippen LogP contribution is 2.69. The van der Waals surface area contributed by atoms with E-state index in [4.69, 9.17) is 14.2 Å². The van der Waals surface area contributed by atoms with Crippen molar-refractivity contribution >= 4 is 11.9 Å². The Bertz CT molecular complexity index is 765. The van der Waals surface area contributed by atoms with Crippen LogP contribution in [0.4, 0.5) is 0 Å². The van der Waals surface area contributed by atoms with Crippen molar-refractivity contribution in [2.75, 3.05) is 0 Å². The van der Waals surface area contributed by atoms with Crippen LogP contribution in [0.25, 0.3) is 0 Å². The van der Waals surface area contributed by atoms with Gasteiger partial charge in [0.15, 0.2) is 0 Å². The first-order valence-corrected chi connectivity index (χ1v) is 8.15. The van der Waals surface area contributed by atoms with Gasteiger partial charge in [-0.2, -0.15) is 0 Å². The molecule has 2 saturated heterocycles. The summed E-state index contributed by atoms with van der Waals surface area (Å²) in [5.74, 6) is -1.13. The Morgan fingerprint density at radius 2 is 2.00 bits per heavy atom. The van der Waals surface area contributed by atoms with E-state index in [-0.39, 0.29) is 12.0 Å². The highest BCUT2D eigenvalue weighted by Gasteiger charge is 2.78. The zero-order chi connectivity index (χ0) is 17.0. The van der Waals surface area contributed by atoms with Crippen LogP contribution in [0.15, 0.2) is 36.0 Å². The maximum atomic E-state index is 12.6. The maximum Gasteiger partial charge on any atom is 0.331 e. The van der Waals surface area contributed by atoms with Crippen LogP contribution in [0.1, 0.15) is 13.8 Å². The van der Waals surface area contributed by atoms with Gasteiger partial charge in [-0.15, -0.1) is 0 Å². The molecule has 3 fully saturated rings. The summed E-state index contributed by atoms with van der Waals surface area (Å²) < 4.78 is 16.7. The summed E-state index contributed by atoms with van der Waals surface area (Å²) in [6, 6.07) is 0. The fraction of sp³-hybridized carbons (Fsp3) is 0.556. The van der Waals surface area contributed by atoms with E-state index in [1.165, 1.54) is 6.08 Å². The van der Waals surface area contributed by atoms with Gasteiger partial charge >= 0.3 is 11.9 Å². The van der Waals surface area contributed by atoms with Gasteiger partial charge in [-0.25, -0.2) is 4.79 Å². The molecule has 3 aliphatic heterocycles. The molecule has 0 bridgehead atoms. The molecule has 5 rings (SSSR count). The molecule has 1 N–H and O–H groups in total. The second kappa shape index (κ2) is 4.00. The summed E-state index contributed by atoms with van der Waals surface area (Å²) in [7, 11) is 0. The number of rotatable bonds is 1. The van der Waals surface area contributed by atoms with Crippen LogP contribution < -0.4 is 0 Å². The van der Waals surface area contributed by atoms with Gasteiger partial charge in [-0.3, -0.25) is 4.79 Å². The number of aliphatic hydroxyl groups excluding tert-OH is 1. The molecule has 6 heteroatoms. The molecule has 3 heterocycles. The van der Waals surface area contributed by atoms with Crippen molar-refractivity contribution in [3.63, 3.8) is 0 Å². The molecule has 0 radical (unpaired) electrons. The highest BCUT2D eigenvalue weighted by atomic mass is 16.6. The first kappa shape index (κ1) is 14.4. The molecule has 0 aromatic heterocycles. The molecule has 126 valence electrons. The van der Waals surface area contributed by atoms with Crippen LogP contribution in [-0.2, 0) is 23.8 Å². The average molecular weight is 330 g/mol. The van der Waals surface area contributed by atoms with Crippen molar-refractivity contribution in [3.8, 4) is 0 Å². The van der Waals surface area contributed by atoms with Gasteiger partial charge in [0.2, 0.25) is 0 Å². The molecule has 6 nitrogen and oxygen atoms in total. The largest absolute Gasteiger partial charge is 0.457 e. The summed E-state index contributed by atoms with van der Waals surface area (Å²) in [6.07, 6.45) is 2.30. The number of aliphatic hydroxyl groups is 1. The van der Waals surface area contributed by atoms with Crippen LogP contribution in [0.3, 0.4) is 0 Å². The number of esters is 2. The van der Waals surface area contributed by atoms with Crippen molar-refractivity contribution in [1.82, 2.24) is 0 Å². The van der Waals surface area contributed by atoms with Crippen molar-refractivity contribution in [3.05, 3.63) is 36.0 Å². The van der Waals surface area contributed by atoms with E-state index in [0.29, 0.717) is 0 Å². The lowest BCUT2D eigenvalue weighted by Crippen LogP contribution is -2.60. The van der Waals surface area contributed by atoms with E-state index in [1.807, 2.05) is 13.0 Å². The SMILES string of the molecule is C=CC1OC(=O)C=C2C1=CC1OC(=O)C3(C)C(O)C4OC4C2(C)C13. The van der Waals surface area contributed by atoms with Crippen LogP contribution >= 0.6 is 0 Å². The quantitative estimate of drug-likeness (QED) is 0.432. The topological polar surface area (TPSA) is 85.4 Å². The third-order valence-corrected chi connectivity index (χ3v) is 6.61. The van der Waals surface area contributed by atoms with E-state index in [2.05, 4.69) is 6.58 Å². The predicted molar refractivity (Wildman–Crippen MR) is 80.5 cm³/mol. The Kier molecular flexibility index (Phi) is 2.41. The molecule has 0 aromatic rings. The van der Waals surface area contributed by atoms with Gasteiger partial charge in [-0.1, -0.05) is 13.5 Å². The number of hydrogen-bond acceptors (Lipinski definition) is 6. The van der Waals surface area contributed by atoms with Crippen LogP contribution in [0.5, 0.6) is 0 Å². The van der Waals surface area contributed by atoms with E-state index >= 15 is 0 Å². The summed E-state index contributed by atoms with van der Waals surface area (Å²) >= 11 is 0. The molecule has 0 aromatic carbocycles. The smallest absolute Gasteiger partial charge is 0.331 e. The molecule has 5 aliphatic rings. The van der Waals surface area contributed by atoms with Crippen LogP contribution in [0, 0.1) is 16.7 Å². The lowest BCUT2D eigenvalue weighted by Gasteiger charge is -2.51. The van der Waals surface area contributed by atoms with E-state index in [1.54, 1.807) is 13.0 Å². The predicted octanol–water partition coefficient (Wildman–Crippen LogP) is 0.660. The van der Waals surface area contributed by atoms with Crippen molar-refractivity contribution in [2.45, 2.75) is 44.4 Å². The molecular weight excluding hydrogens is 312 g/mol. The first-order chi connectivity index (χ1) is 11.3. The minimum atomic E-state index is -1.05. The van der Waals surface area contributed by atoms with Gasteiger partial charge in [-0.05, 0) is 24.6 Å². The molecule has 24 heavy (non-hydrogen) atoms. The maximum absolute atomic E-state index is 12.6. The second-order valence-corrected chi connectivity index (χ2v) is 7.65. The third-order valence-electron chi connectivity index (χ3n) is 6.61. The average Bonchev–Trinajstić information content (AvgIpc) is 3.29. The summed E-state index contributed by atoms with van der Waals surface area (Å²) in [5, 5.41) is 10.7. The number of ether oxygens (including phenoxy) is 3. The van der Waals surface area contributed by atoms with E-state index in [9.17, 15) is 14.7 Å². The molecule has 8 atom stereocenters. The highest BCUT2D eigenvalue weighted by molar-refractivity contribution is 5.88. The molecule has 0 spiro atoms. The van der Waals surface area contributed by atoms with Crippen LogP contribution in [-0.4, -0.2) is 47.6 Å². The summed E-state index contributed by atoms with van der Waals surface area (Å²) in [4.78, 5) is 24.7. The summed E-state index contributed by atoms with van der Waals surface area (Å²) in [6.45, 7) is 7.49. The van der Waals surface area contributed by atoms with Crippen molar-refractivity contribution in [1.29, 1.82) is 0 Å². The number of epoxide rings is 1. The van der Waals surface area contributed by atoms with Gasteiger partial charge < -0.3 is 19.3 Å². The number of carbonyl (C=O) groups excluding carboxylic acids is 2. The number of carbonyl (C=O) groups is 2. The Hall–Kier alpha value is -1.92. The number of fused-ring (bicyclic) bond motifs is 4. The molecular formula is C18H18O6. The zero-order valence-electron chi connectivity index (χ0n) is 13.4. The minimum absolute atomic E-state index is 0.242. The standard InChI is InChI=1S/C18H18O6/c1-4-9-7-5-10-13-17(2,8(7)6-11(19)22-9)15-12(24-15)14(20)18(13,3)16(21)23-10/h4-6,9-10,12-15,20H,1H2,2-3H3. The summed E-state index contributed by atoms with van der Waals surface area (Å²) in [5.41, 5.74) is -0.0320. The van der Waals surface area contributed by atoms with Gasteiger partial charge in [0.05, 0.1) is 12.2 Å². The Labute approximate surface area is 138 Å².